The summed E-state index contributed by atoms with van der Waals surface area (Å²) >= 11 is 0. The van der Waals surface area contributed by atoms with Crippen LogP contribution in [-0.4, -0.2) is 21.5 Å². The Morgan fingerprint density at radius 1 is 0.926 bits per heavy atom. The third-order valence-electron chi connectivity index (χ3n) is 4.15. The van der Waals surface area contributed by atoms with Crippen LogP contribution < -0.4 is 15.8 Å². The lowest BCUT2D eigenvalue weighted by Crippen LogP contribution is -2.07. The molecule has 0 aliphatic heterocycles. The van der Waals surface area contributed by atoms with Crippen LogP contribution in [0.25, 0.3) is 10.9 Å². The summed E-state index contributed by atoms with van der Waals surface area (Å²) in [6.07, 6.45) is 4.13. The molecule has 0 aliphatic rings. The quantitative estimate of drug-likeness (QED) is 0.506. The van der Waals surface area contributed by atoms with Crippen molar-refractivity contribution < 1.29 is 4.74 Å². The Bertz CT molecular complexity index is 1040. The Kier molecular flexibility index (Phi) is 4.78. The highest BCUT2D eigenvalue weighted by molar-refractivity contribution is 5.91. The maximum absolute atomic E-state index is 5.88. The molecule has 2 aromatic heterocycles. The Hall–Kier alpha value is -3.67. The van der Waals surface area contributed by atoms with Crippen molar-refractivity contribution in [3.63, 3.8) is 0 Å². The molecule has 6 nitrogen and oxygen atoms in total. The molecule has 0 spiro atoms. The average Bonchev–Trinajstić information content (AvgIpc) is 2.70. The van der Waals surface area contributed by atoms with Crippen LogP contribution in [0, 0.1) is 0 Å². The number of hydrogen-bond donors (Lipinski definition) is 2. The fourth-order valence-corrected chi connectivity index (χ4v) is 2.79. The van der Waals surface area contributed by atoms with E-state index in [1.807, 2.05) is 48.5 Å². The number of fused-ring (bicyclic) bond motifs is 1. The van der Waals surface area contributed by atoms with Gasteiger partial charge in [-0.05, 0) is 48.4 Å². The minimum Gasteiger partial charge on any atom is -0.439 e. The Morgan fingerprint density at radius 3 is 2.63 bits per heavy atom. The zero-order chi connectivity index (χ0) is 18.5. The van der Waals surface area contributed by atoms with E-state index in [4.69, 9.17) is 10.5 Å². The van der Waals surface area contributed by atoms with E-state index in [1.54, 1.807) is 12.5 Å². The van der Waals surface area contributed by atoms with Gasteiger partial charge >= 0.3 is 0 Å². The zero-order valence-electron chi connectivity index (χ0n) is 14.7. The number of nitrogens with two attached hydrogens (primary N) is 1. The van der Waals surface area contributed by atoms with Gasteiger partial charge in [0, 0.05) is 29.9 Å². The second-order valence-electron chi connectivity index (χ2n) is 6.09. The summed E-state index contributed by atoms with van der Waals surface area (Å²) in [6.45, 7) is 0.751. The lowest BCUT2D eigenvalue weighted by molar-refractivity contribution is 0.463. The van der Waals surface area contributed by atoms with Crippen molar-refractivity contribution in [3.8, 4) is 11.6 Å². The fraction of sp³-hybridized carbons (Fsp3) is 0.0952. The summed E-state index contributed by atoms with van der Waals surface area (Å²) in [5, 5.41) is 4.30. The van der Waals surface area contributed by atoms with Gasteiger partial charge in [0.1, 0.15) is 17.9 Å². The molecule has 2 aromatic carbocycles. The number of nitrogen functional groups attached to an aromatic ring is 1. The van der Waals surface area contributed by atoms with Gasteiger partial charge in [0.15, 0.2) is 0 Å². The summed E-state index contributed by atoms with van der Waals surface area (Å²) in [5.74, 6) is 2.15. The van der Waals surface area contributed by atoms with Gasteiger partial charge in [0.25, 0.3) is 0 Å². The van der Waals surface area contributed by atoms with Crippen LogP contribution >= 0.6 is 0 Å². The van der Waals surface area contributed by atoms with Crippen LogP contribution in [0.15, 0.2) is 73.2 Å². The Balaban J connectivity index is 1.37. The molecule has 0 fully saturated rings. The van der Waals surface area contributed by atoms with E-state index in [2.05, 4.69) is 32.4 Å². The van der Waals surface area contributed by atoms with E-state index in [9.17, 15) is 0 Å². The molecule has 4 rings (SSSR count). The summed E-state index contributed by atoms with van der Waals surface area (Å²) in [6, 6.07) is 19.2. The number of hydrogen-bond acceptors (Lipinski definition) is 6. The first kappa shape index (κ1) is 16.8. The van der Waals surface area contributed by atoms with E-state index in [0.29, 0.717) is 11.6 Å². The van der Waals surface area contributed by atoms with Crippen molar-refractivity contribution in [3.05, 3.63) is 78.8 Å². The van der Waals surface area contributed by atoms with Crippen molar-refractivity contribution in [2.24, 2.45) is 0 Å². The second-order valence-corrected chi connectivity index (χ2v) is 6.09. The lowest BCUT2D eigenvalue weighted by Gasteiger charge is -2.09. The van der Waals surface area contributed by atoms with Gasteiger partial charge in [-0.1, -0.05) is 18.2 Å². The molecule has 0 saturated heterocycles. The van der Waals surface area contributed by atoms with Crippen LogP contribution in [0.3, 0.4) is 0 Å². The molecule has 6 heteroatoms. The second kappa shape index (κ2) is 7.70. The lowest BCUT2D eigenvalue weighted by atomic mass is 10.1. The smallest absolute Gasteiger partial charge is 0.219 e. The molecule has 134 valence electrons. The predicted octanol–water partition coefficient (Wildman–Crippen LogP) is 4.05. The van der Waals surface area contributed by atoms with Gasteiger partial charge in [0.2, 0.25) is 5.88 Å². The molecule has 0 unspecified atom stereocenters. The first-order valence-electron chi connectivity index (χ1n) is 8.70. The first-order valence-corrected chi connectivity index (χ1v) is 8.70. The maximum atomic E-state index is 5.88. The predicted molar refractivity (Wildman–Crippen MR) is 107 cm³/mol. The van der Waals surface area contributed by atoms with Crippen LogP contribution in [0.4, 0.5) is 11.5 Å². The number of anilines is 2. The standard InChI is InChI=1S/C21H19N5O/c22-16-6-9-19-18(13-16)21(26-14-25-19)24-12-10-15-4-7-17(8-5-15)27-20-3-1-2-11-23-20/h1-9,11,13-14H,10,12,22H2,(H,24,25,26). The van der Waals surface area contributed by atoms with Gasteiger partial charge in [-0.3, -0.25) is 0 Å². The van der Waals surface area contributed by atoms with E-state index in [1.165, 1.54) is 5.56 Å². The topological polar surface area (TPSA) is 86.0 Å². The van der Waals surface area contributed by atoms with Crippen molar-refractivity contribution in [1.29, 1.82) is 0 Å². The van der Waals surface area contributed by atoms with Crippen LogP contribution in [0.5, 0.6) is 11.6 Å². The number of benzene rings is 2. The van der Waals surface area contributed by atoms with Crippen LogP contribution in [-0.2, 0) is 6.42 Å². The number of nitrogens with zero attached hydrogens (tertiary/aromatic N) is 3. The Labute approximate surface area is 157 Å². The van der Waals surface area contributed by atoms with Gasteiger partial charge in [-0.25, -0.2) is 15.0 Å². The molecule has 0 radical (unpaired) electrons. The average molecular weight is 357 g/mol. The van der Waals surface area contributed by atoms with E-state index in [-0.39, 0.29) is 0 Å². The van der Waals surface area contributed by atoms with Gasteiger partial charge in [0.05, 0.1) is 5.52 Å². The van der Waals surface area contributed by atoms with Crippen LogP contribution in [0.1, 0.15) is 5.56 Å². The minimum absolute atomic E-state index is 0.585. The molecule has 27 heavy (non-hydrogen) atoms. The molecule has 0 aliphatic carbocycles. The molecule has 0 atom stereocenters. The molecule has 0 saturated carbocycles. The normalized spacial score (nSPS) is 10.7. The molecule has 0 amide bonds. The number of ether oxygens (including phenoxy) is 1. The largest absolute Gasteiger partial charge is 0.439 e. The molecule has 3 N–H and O–H groups in total. The van der Waals surface area contributed by atoms with E-state index >= 15 is 0 Å². The highest BCUT2D eigenvalue weighted by atomic mass is 16.5. The highest BCUT2D eigenvalue weighted by Gasteiger charge is 2.04. The molecular formula is C21H19N5O. The maximum Gasteiger partial charge on any atom is 0.219 e. The third kappa shape index (κ3) is 4.12. The third-order valence-corrected chi connectivity index (χ3v) is 4.15. The van der Waals surface area contributed by atoms with Crippen molar-refractivity contribution in [1.82, 2.24) is 15.0 Å². The van der Waals surface area contributed by atoms with Crippen LogP contribution in [0.2, 0.25) is 0 Å². The monoisotopic (exact) mass is 357 g/mol. The summed E-state index contributed by atoms with van der Waals surface area (Å²) in [4.78, 5) is 12.8. The molecule has 4 aromatic rings. The van der Waals surface area contributed by atoms with Crippen molar-refractivity contribution in [2.75, 3.05) is 17.6 Å². The van der Waals surface area contributed by atoms with Crippen molar-refractivity contribution in [2.45, 2.75) is 6.42 Å². The number of aromatic nitrogens is 3. The van der Waals surface area contributed by atoms with Gasteiger partial charge < -0.3 is 15.8 Å². The minimum atomic E-state index is 0.585. The fourth-order valence-electron chi connectivity index (χ4n) is 2.79. The highest BCUT2D eigenvalue weighted by Crippen LogP contribution is 2.22. The first-order chi connectivity index (χ1) is 13.3. The number of pyridine rings is 1. The summed E-state index contributed by atoms with van der Waals surface area (Å²) < 4.78 is 5.71. The Morgan fingerprint density at radius 2 is 1.81 bits per heavy atom. The number of rotatable bonds is 6. The molecule has 0 bridgehead atoms. The number of nitrogens with one attached hydrogen (secondary N) is 1. The van der Waals surface area contributed by atoms with E-state index in [0.717, 1.165) is 35.4 Å². The van der Waals surface area contributed by atoms with Gasteiger partial charge in [-0.15, -0.1) is 0 Å². The molecule has 2 heterocycles. The molecular weight excluding hydrogens is 338 g/mol. The zero-order valence-corrected chi connectivity index (χ0v) is 14.7. The van der Waals surface area contributed by atoms with Gasteiger partial charge in [-0.2, -0.15) is 0 Å². The van der Waals surface area contributed by atoms with E-state index < -0.39 is 0 Å². The summed E-state index contributed by atoms with van der Waals surface area (Å²) in [7, 11) is 0. The SMILES string of the molecule is Nc1ccc2ncnc(NCCc3ccc(Oc4ccccn4)cc3)c2c1. The summed E-state index contributed by atoms with van der Waals surface area (Å²) in [5.41, 5.74) is 8.66. The van der Waals surface area contributed by atoms with Crippen molar-refractivity contribution >= 4 is 22.4 Å².